The summed E-state index contributed by atoms with van der Waals surface area (Å²) >= 11 is 0. The van der Waals surface area contributed by atoms with E-state index in [0.29, 0.717) is 17.6 Å². The smallest absolute Gasteiger partial charge is 0.161 e. The van der Waals surface area contributed by atoms with Crippen molar-refractivity contribution in [1.82, 2.24) is 0 Å². The molecular weight excluding hydrogens is 386 g/mol. The Balaban J connectivity index is 1.55. The first-order valence-corrected chi connectivity index (χ1v) is 12.4. The van der Waals surface area contributed by atoms with Crippen LogP contribution in [0.2, 0.25) is 0 Å². The molecule has 1 aromatic rings. The molecule has 31 heavy (non-hydrogen) atoms. The van der Waals surface area contributed by atoms with Gasteiger partial charge in [0.1, 0.15) is 5.83 Å². The fourth-order valence-electron chi connectivity index (χ4n) is 6.78. The first-order valence-electron chi connectivity index (χ1n) is 12.4. The Kier molecular flexibility index (Phi) is 7.14. The van der Waals surface area contributed by atoms with E-state index >= 15 is 8.78 Å². The van der Waals surface area contributed by atoms with Crippen LogP contribution in [-0.4, -0.2) is 6.17 Å². The summed E-state index contributed by atoms with van der Waals surface area (Å²) in [4.78, 5) is 0. The van der Waals surface area contributed by atoms with Crippen LogP contribution < -0.4 is 10.4 Å². The van der Waals surface area contributed by atoms with Crippen molar-refractivity contribution in [2.45, 2.75) is 77.3 Å². The molecule has 4 rings (SSSR count). The lowest BCUT2D eigenvalue weighted by atomic mass is 9.59. The van der Waals surface area contributed by atoms with Gasteiger partial charge in [0.05, 0.1) is 0 Å². The van der Waals surface area contributed by atoms with Gasteiger partial charge in [0.2, 0.25) is 0 Å². The minimum atomic E-state index is -1.53. The van der Waals surface area contributed by atoms with Crippen LogP contribution in [0.5, 0.6) is 0 Å². The second-order valence-electron chi connectivity index (χ2n) is 10.2. The molecule has 0 aromatic heterocycles. The lowest BCUT2D eigenvalue weighted by molar-refractivity contribution is 0.0608. The molecule has 3 aliphatic rings. The van der Waals surface area contributed by atoms with Gasteiger partial charge >= 0.3 is 0 Å². The fraction of sp³-hybridized carbons (Fsp3) is 0.586. The predicted octanol–water partition coefficient (Wildman–Crippen LogP) is 7.04. The Hall–Kier alpha value is -1.70. The maximum Gasteiger partial charge on any atom is 0.161 e. The first-order chi connectivity index (χ1) is 15.1. The zero-order valence-corrected chi connectivity index (χ0v) is 19.0. The van der Waals surface area contributed by atoms with E-state index in [2.05, 4.69) is 24.8 Å². The van der Waals surface area contributed by atoms with Crippen molar-refractivity contribution in [1.29, 1.82) is 0 Å². The molecule has 2 unspecified atom stereocenters. The Labute approximate surface area is 186 Å². The Morgan fingerprint density at radius 2 is 1.65 bits per heavy atom. The molecule has 0 saturated heterocycles. The highest BCUT2D eigenvalue weighted by Crippen LogP contribution is 2.52. The summed E-state index contributed by atoms with van der Waals surface area (Å²) < 4.78 is 31.1. The topological polar surface area (TPSA) is 0 Å². The number of rotatable bonds is 6. The van der Waals surface area contributed by atoms with Gasteiger partial charge in [-0.25, -0.2) is 8.78 Å². The van der Waals surface area contributed by atoms with Gasteiger partial charge in [0, 0.05) is 10.6 Å². The van der Waals surface area contributed by atoms with Crippen LogP contribution >= 0.6 is 0 Å². The normalized spacial score (nSPS) is 36.1. The summed E-state index contributed by atoms with van der Waals surface area (Å²) in [5.74, 6) is 1.94. The quantitative estimate of drug-likeness (QED) is 0.430. The monoisotopic (exact) mass is 424 g/mol. The minimum absolute atomic E-state index is 0.215. The van der Waals surface area contributed by atoms with Crippen molar-refractivity contribution in [2.75, 3.05) is 0 Å². The molecule has 2 heteroatoms. The summed E-state index contributed by atoms with van der Waals surface area (Å²) in [6.45, 7) is 5.97. The molecule has 0 amide bonds. The summed E-state index contributed by atoms with van der Waals surface area (Å²) in [5, 5.41) is 1.32. The van der Waals surface area contributed by atoms with Crippen LogP contribution in [0.15, 0.2) is 49.1 Å². The summed E-state index contributed by atoms with van der Waals surface area (Å²) in [5.41, 5.74) is -0.719. The summed E-state index contributed by atoms with van der Waals surface area (Å²) in [6.07, 6.45) is 17.9. The number of hydrogen-bond donors (Lipinski definition) is 0. The molecular formula is C29H38F2. The van der Waals surface area contributed by atoms with Crippen molar-refractivity contribution in [3.05, 3.63) is 59.5 Å². The number of allylic oxidation sites excluding steroid dienone is 3. The Morgan fingerprint density at radius 3 is 2.29 bits per heavy atom. The zero-order valence-electron chi connectivity index (χ0n) is 19.0. The van der Waals surface area contributed by atoms with Gasteiger partial charge in [0.25, 0.3) is 0 Å². The number of halogens is 2. The molecule has 0 N–H and O–H groups in total. The van der Waals surface area contributed by atoms with Crippen LogP contribution in [-0.2, 0) is 0 Å². The SMILES string of the molecule is C=CC1CCC(C2CCC(C3(CC/C=C/C)C=c4ccccc4=C(F)C3F)CC2)CC1. The summed E-state index contributed by atoms with van der Waals surface area (Å²) in [6, 6.07) is 7.42. The van der Waals surface area contributed by atoms with Gasteiger partial charge in [-0.2, -0.15) is 0 Å². The molecule has 2 saturated carbocycles. The van der Waals surface area contributed by atoms with Crippen LogP contribution in [0.1, 0.15) is 71.1 Å². The highest BCUT2D eigenvalue weighted by molar-refractivity contribution is 5.55. The number of alkyl halides is 1. The minimum Gasteiger partial charge on any atom is -0.239 e. The molecule has 0 spiro atoms. The molecule has 0 radical (unpaired) electrons. The molecule has 2 atom stereocenters. The highest BCUT2D eigenvalue weighted by atomic mass is 19.2. The van der Waals surface area contributed by atoms with Gasteiger partial charge in [-0.1, -0.05) is 48.6 Å². The lowest BCUT2D eigenvalue weighted by Crippen LogP contribution is -2.48. The zero-order chi connectivity index (χ0) is 21.8. The number of fused-ring (bicyclic) bond motifs is 1. The number of hydrogen-bond acceptors (Lipinski definition) is 0. The Bertz CT molecular complexity index is 897. The van der Waals surface area contributed by atoms with Crippen LogP contribution in [0.3, 0.4) is 0 Å². The van der Waals surface area contributed by atoms with Gasteiger partial charge in [0.15, 0.2) is 6.17 Å². The molecule has 0 bridgehead atoms. The van der Waals surface area contributed by atoms with Crippen molar-refractivity contribution >= 4 is 11.9 Å². The average molecular weight is 425 g/mol. The Morgan fingerprint density at radius 1 is 1.00 bits per heavy atom. The molecule has 1 aromatic carbocycles. The van der Waals surface area contributed by atoms with Crippen LogP contribution in [0, 0.1) is 29.1 Å². The highest BCUT2D eigenvalue weighted by Gasteiger charge is 2.48. The second-order valence-corrected chi connectivity index (χ2v) is 10.2. The molecule has 3 aliphatic carbocycles. The average Bonchev–Trinajstić information content (AvgIpc) is 2.82. The van der Waals surface area contributed by atoms with Crippen molar-refractivity contribution in [3.8, 4) is 0 Å². The van der Waals surface area contributed by atoms with Crippen LogP contribution in [0.4, 0.5) is 8.78 Å². The molecule has 168 valence electrons. The maximum atomic E-state index is 15.8. The fourth-order valence-corrected chi connectivity index (χ4v) is 6.78. The van der Waals surface area contributed by atoms with Crippen molar-refractivity contribution in [2.24, 2.45) is 29.1 Å². The van der Waals surface area contributed by atoms with Crippen molar-refractivity contribution < 1.29 is 8.78 Å². The van der Waals surface area contributed by atoms with E-state index in [4.69, 9.17) is 0 Å². The second kappa shape index (κ2) is 9.84. The van der Waals surface area contributed by atoms with Gasteiger partial charge < -0.3 is 0 Å². The largest absolute Gasteiger partial charge is 0.239 e. The third-order valence-corrected chi connectivity index (χ3v) is 8.66. The van der Waals surface area contributed by atoms with Gasteiger partial charge in [-0.3, -0.25) is 0 Å². The van der Waals surface area contributed by atoms with Gasteiger partial charge in [-0.15, -0.1) is 6.58 Å². The van der Waals surface area contributed by atoms with E-state index in [1.165, 1.54) is 38.5 Å². The van der Waals surface area contributed by atoms with E-state index in [9.17, 15) is 0 Å². The van der Waals surface area contributed by atoms with E-state index < -0.39 is 17.4 Å². The molecule has 0 aliphatic heterocycles. The number of benzene rings is 1. The van der Waals surface area contributed by atoms with E-state index in [1.54, 1.807) is 12.1 Å². The van der Waals surface area contributed by atoms with E-state index in [0.717, 1.165) is 36.3 Å². The maximum absolute atomic E-state index is 15.8. The third-order valence-electron chi connectivity index (χ3n) is 8.66. The first kappa shape index (κ1) is 22.5. The van der Waals surface area contributed by atoms with Gasteiger partial charge in [-0.05, 0) is 100 Å². The summed E-state index contributed by atoms with van der Waals surface area (Å²) in [7, 11) is 0. The molecule has 0 heterocycles. The third kappa shape index (κ3) is 4.45. The predicted molar refractivity (Wildman–Crippen MR) is 127 cm³/mol. The van der Waals surface area contributed by atoms with E-state index in [1.807, 2.05) is 25.1 Å². The standard InChI is InChI=1S/C29H38F2/c1-3-5-8-19-29(20-24-9-6-7-10-26(24)27(30)28(29)31)25-17-15-23(16-18-25)22-13-11-21(4-2)12-14-22/h3-7,9-10,20-23,25,28H,2,8,11-19H2,1H3/b5-3+. The van der Waals surface area contributed by atoms with E-state index in [-0.39, 0.29) is 5.92 Å². The van der Waals surface area contributed by atoms with Crippen LogP contribution in [0.25, 0.3) is 11.9 Å². The molecule has 0 nitrogen and oxygen atoms in total. The lowest BCUT2D eigenvalue weighted by Gasteiger charge is -2.46. The molecule has 2 fully saturated rings. The van der Waals surface area contributed by atoms with Crippen molar-refractivity contribution in [3.63, 3.8) is 0 Å².